The summed E-state index contributed by atoms with van der Waals surface area (Å²) in [4.78, 5) is 23.7. The number of hydrazine groups is 1. The highest BCUT2D eigenvalue weighted by Gasteiger charge is 2.08. The molecule has 0 aliphatic carbocycles. The Morgan fingerprint density at radius 1 is 1.00 bits per heavy atom. The minimum Gasteiger partial charge on any atom is -0.489 e. The molecule has 0 atom stereocenters. The number of rotatable bonds is 7. The molecular formula is C20H23N3O3S. The van der Waals surface area contributed by atoms with Gasteiger partial charge in [0.05, 0.1) is 0 Å². The van der Waals surface area contributed by atoms with Crippen LogP contribution in [0.2, 0.25) is 0 Å². The number of carbonyl (C=O) groups excluding carboxylic acids is 2. The van der Waals surface area contributed by atoms with Crippen LogP contribution in [0.4, 0.5) is 0 Å². The molecule has 0 aliphatic rings. The lowest BCUT2D eigenvalue weighted by molar-refractivity contribution is -0.119. The number of benzene rings is 2. The molecule has 0 saturated heterocycles. The van der Waals surface area contributed by atoms with Gasteiger partial charge in [-0.1, -0.05) is 43.7 Å². The van der Waals surface area contributed by atoms with E-state index in [1.165, 1.54) is 0 Å². The van der Waals surface area contributed by atoms with Crippen molar-refractivity contribution in [3.8, 4) is 5.75 Å². The SMILES string of the molecule is CCCCC(=O)NC(=S)NNC(=O)c1ccc(OCc2ccccc2)cc1. The summed E-state index contributed by atoms with van der Waals surface area (Å²) < 4.78 is 5.69. The zero-order chi connectivity index (χ0) is 19.5. The van der Waals surface area contributed by atoms with E-state index in [2.05, 4.69) is 16.2 Å². The Morgan fingerprint density at radius 3 is 2.37 bits per heavy atom. The van der Waals surface area contributed by atoms with Gasteiger partial charge in [-0.25, -0.2) is 0 Å². The lowest BCUT2D eigenvalue weighted by atomic mass is 10.2. The Kier molecular flexibility index (Phi) is 8.25. The second-order valence-electron chi connectivity index (χ2n) is 5.86. The Balaban J connectivity index is 1.76. The van der Waals surface area contributed by atoms with Crippen LogP contribution < -0.4 is 20.9 Å². The van der Waals surface area contributed by atoms with Gasteiger partial charge in [0.25, 0.3) is 5.91 Å². The number of nitrogens with one attached hydrogen (secondary N) is 3. The third kappa shape index (κ3) is 7.45. The van der Waals surface area contributed by atoms with Gasteiger partial charge >= 0.3 is 0 Å². The van der Waals surface area contributed by atoms with E-state index in [4.69, 9.17) is 17.0 Å². The first-order valence-corrected chi connectivity index (χ1v) is 9.16. The van der Waals surface area contributed by atoms with Crippen molar-refractivity contribution in [1.29, 1.82) is 0 Å². The van der Waals surface area contributed by atoms with Gasteiger partial charge in [0.1, 0.15) is 12.4 Å². The van der Waals surface area contributed by atoms with Crippen molar-refractivity contribution in [2.45, 2.75) is 32.8 Å². The van der Waals surface area contributed by atoms with Gasteiger partial charge in [-0.2, -0.15) is 0 Å². The van der Waals surface area contributed by atoms with E-state index in [9.17, 15) is 9.59 Å². The van der Waals surface area contributed by atoms with Crippen molar-refractivity contribution < 1.29 is 14.3 Å². The molecule has 6 nitrogen and oxygen atoms in total. The second-order valence-corrected chi connectivity index (χ2v) is 6.27. The summed E-state index contributed by atoms with van der Waals surface area (Å²) in [5, 5.41) is 2.57. The van der Waals surface area contributed by atoms with Crippen LogP contribution in [0.25, 0.3) is 0 Å². The van der Waals surface area contributed by atoms with E-state index in [0.29, 0.717) is 24.3 Å². The maximum Gasteiger partial charge on any atom is 0.269 e. The smallest absolute Gasteiger partial charge is 0.269 e. The molecule has 0 radical (unpaired) electrons. The van der Waals surface area contributed by atoms with E-state index in [1.807, 2.05) is 37.3 Å². The molecular weight excluding hydrogens is 362 g/mol. The van der Waals surface area contributed by atoms with Crippen molar-refractivity contribution in [3.63, 3.8) is 0 Å². The maximum atomic E-state index is 12.1. The van der Waals surface area contributed by atoms with Crippen molar-refractivity contribution in [3.05, 3.63) is 65.7 Å². The largest absolute Gasteiger partial charge is 0.489 e. The normalized spacial score (nSPS) is 9.96. The highest BCUT2D eigenvalue weighted by atomic mass is 32.1. The molecule has 0 saturated carbocycles. The molecule has 7 heteroatoms. The molecule has 2 aromatic carbocycles. The minimum atomic E-state index is -0.366. The molecule has 2 rings (SSSR count). The molecule has 0 aromatic heterocycles. The first-order valence-electron chi connectivity index (χ1n) is 8.75. The molecule has 3 N–H and O–H groups in total. The van der Waals surface area contributed by atoms with E-state index in [-0.39, 0.29) is 16.9 Å². The number of ether oxygens (including phenoxy) is 1. The van der Waals surface area contributed by atoms with Gasteiger partial charge in [0.2, 0.25) is 5.91 Å². The number of unbranched alkanes of at least 4 members (excludes halogenated alkanes) is 1. The van der Waals surface area contributed by atoms with Crippen LogP contribution in [0.15, 0.2) is 54.6 Å². The second kappa shape index (κ2) is 10.9. The zero-order valence-electron chi connectivity index (χ0n) is 15.2. The average molecular weight is 385 g/mol. The summed E-state index contributed by atoms with van der Waals surface area (Å²) in [6, 6.07) is 16.6. The van der Waals surface area contributed by atoms with Crippen LogP contribution in [0.5, 0.6) is 5.75 Å². The highest BCUT2D eigenvalue weighted by molar-refractivity contribution is 7.80. The molecule has 0 heterocycles. The molecule has 0 aliphatic heterocycles. The van der Waals surface area contributed by atoms with Crippen molar-refractivity contribution >= 4 is 29.1 Å². The van der Waals surface area contributed by atoms with Gasteiger partial charge < -0.3 is 10.1 Å². The van der Waals surface area contributed by atoms with Crippen LogP contribution in [0.1, 0.15) is 42.1 Å². The lowest BCUT2D eigenvalue weighted by Gasteiger charge is -2.11. The predicted molar refractivity (Wildman–Crippen MR) is 108 cm³/mol. The summed E-state index contributed by atoms with van der Waals surface area (Å²) in [6.45, 7) is 2.46. The fourth-order valence-electron chi connectivity index (χ4n) is 2.19. The fourth-order valence-corrected chi connectivity index (χ4v) is 2.35. The van der Waals surface area contributed by atoms with Gasteiger partial charge in [0.15, 0.2) is 5.11 Å². The van der Waals surface area contributed by atoms with Crippen molar-refractivity contribution in [2.75, 3.05) is 0 Å². The summed E-state index contributed by atoms with van der Waals surface area (Å²) in [6.07, 6.45) is 2.12. The molecule has 142 valence electrons. The van der Waals surface area contributed by atoms with E-state index >= 15 is 0 Å². The van der Waals surface area contributed by atoms with Crippen LogP contribution >= 0.6 is 12.2 Å². The Morgan fingerprint density at radius 2 is 1.70 bits per heavy atom. The predicted octanol–water partition coefficient (Wildman–Crippen LogP) is 3.09. The van der Waals surface area contributed by atoms with Crippen LogP contribution in [0, 0.1) is 0 Å². The maximum absolute atomic E-state index is 12.1. The standard InChI is InChI=1S/C20H23N3O3S/c1-2-3-9-18(24)21-20(27)23-22-19(25)16-10-12-17(13-11-16)26-14-15-7-5-4-6-8-15/h4-8,10-13H,2-3,9,14H2,1H3,(H,22,25)(H2,21,23,24,27). The van der Waals surface area contributed by atoms with Crippen LogP contribution in [-0.2, 0) is 11.4 Å². The van der Waals surface area contributed by atoms with E-state index in [0.717, 1.165) is 18.4 Å². The number of hydrogen-bond donors (Lipinski definition) is 3. The van der Waals surface area contributed by atoms with E-state index in [1.54, 1.807) is 24.3 Å². The number of thiocarbonyl (C=S) groups is 1. The summed E-state index contributed by atoms with van der Waals surface area (Å²) in [5.74, 6) is 0.125. The quantitative estimate of drug-likeness (QED) is 0.504. The Hall–Kier alpha value is -2.93. The fraction of sp³-hybridized carbons (Fsp3) is 0.250. The molecule has 0 bridgehead atoms. The first kappa shape index (κ1) is 20.4. The minimum absolute atomic E-state index is 0.0623. The number of carbonyl (C=O) groups is 2. The molecule has 2 amide bonds. The molecule has 0 fully saturated rings. The van der Waals surface area contributed by atoms with Crippen LogP contribution in [-0.4, -0.2) is 16.9 Å². The average Bonchev–Trinajstić information content (AvgIpc) is 2.70. The monoisotopic (exact) mass is 385 g/mol. The van der Waals surface area contributed by atoms with Gasteiger partial charge in [-0.05, 0) is 48.5 Å². The van der Waals surface area contributed by atoms with Gasteiger partial charge in [-0.15, -0.1) is 0 Å². The molecule has 2 aromatic rings. The molecule has 0 spiro atoms. The van der Waals surface area contributed by atoms with E-state index < -0.39 is 0 Å². The third-order valence-corrected chi connectivity index (χ3v) is 3.87. The van der Waals surface area contributed by atoms with Gasteiger partial charge in [0, 0.05) is 12.0 Å². The third-order valence-electron chi connectivity index (χ3n) is 3.66. The highest BCUT2D eigenvalue weighted by Crippen LogP contribution is 2.14. The molecule has 0 unspecified atom stereocenters. The van der Waals surface area contributed by atoms with Gasteiger partial charge in [-0.3, -0.25) is 20.4 Å². The topological polar surface area (TPSA) is 79.5 Å². The molecule has 27 heavy (non-hydrogen) atoms. The first-order chi connectivity index (χ1) is 13.1. The summed E-state index contributed by atoms with van der Waals surface area (Å²) >= 11 is 4.97. The van der Waals surface area contributed by atoms with Crippen molar-refractivity contribution in [2.24, 2.45) is 0 Å². The summed E-state index contributed by atoms with van der Waals surface area (Å²) in [5.41, 5.74) is 6.48. The zero-order valence-corrected chi connectivity index (χ0v) is 16.0. The Bertz CT molecular complexity index is 764. The summed E-state index contributed by atoms with van der Waals surface area (Å²) in [7, 11) is 0. The van der Waals surface area contributed by atoms with Crippen LogP contribution in [0.3, 0.4) is 0 Å². The lowest BCUT2D eigenvalue weighted by Crippen LogP contribution is -2.48. The van der Waals surface area contributed by atoms with Crippen molar-refractivity contribution in [1.82, 2.24) is 16.2 Å². The number of amides is 2. The Labute approximate surface area is 164 Å². The number of hydrogen-bond acceptors (Lipinski definition) is 4.